The molecule has 5 nitrogen and oxygen atoms in total. The van der Waals surface area contributed by atoms with Crippen molar-refractivity contribution in [3.63, 3.8) is 0 Å². The number of nitrogens with one attached hydrogen (secondary N) is 1. The third-order valence-electron chi connectivity index (χ3n) is 3.14. The van der Waals surface area contributed by atoms with Crippen molar-refractivity contribution in [2.24, 2.45) is 0 Å². The fraction of sp³-hybridized carbons (Fsp3) is 0.400. The van der Waals surface area contributed by atoms with Gasteiger partial charge in [-0.2, -0.15) is 0 Å². The predicted molar refractivity (Wildman–Crippen MR) is 89.1 cm³/mol. The van der Waals surface area contributed by atoms with Crippen LogP contribution in [0.25, 0.3) is 0 Å². The highest BCUT2D eigenvalue weighted by molar-refractivity contribution is 7.98. The van der Waals surface area contributed by atoms with Crippen LogP contribution in [0.4, 0.5) is 11.6 Å². The summed E-state index contributed by atoms with van der Waals surface area (Å²) in [5, 5.41) is 3.86. The van der Waals surface area contributed by atoms with Gasteiger partial charge in [0.05, 0.1) is 12.2 Å². The van der Waals surface area contributed by atoms with Crippen molar-refractivity contribution < 1.29 is 0 Å². The van der Waals surface area contributed by atoms with Gasteiger partial charge in [-0.05, 0) is 32.2 Å². The molecule has 21 heavy (non-hydrogen) atoms. The van der Waals surface area contributed by atoms with E-state index in [4.69, 9.17) is 0 Å². The highest BCUT2D eigenvalue weighted by Crippen LogP contribution is 2.21. The summed E-state index contributed by atoms with van der Waals surface area (Å²) in [5.74, 6) is 1.75. The molecule has 2 aromatic heterocycles. The van der Waals surface area contributed by atoms with Crippen molar-refractivity contribution in [3.8, 4) is 0 Å². The first-order valence-electron chi connectivity index (χ1n) is 6.94. The zero-order valence-corrected chi connectivity index (χ0v) is 13.7. The summed E-state index contributed by atoms with van der Waals surface area (Å²) < 4.78 is 0. The Labute approximate surface area is 130 Å². The first kappa shape index (κ1) is 15.6. The fourth-order valence-electron chi connectivity index (χ4n) is 2.03. The number of anilines is 2. The number of rotatable bonds is 6. The maximum absolute atomic E-state index is 4.60. The smallest absolute Gasteiger partial charge is 0.191 e. The van der Waals surface area contributed by atoms with Crippen LogP contribution in [0.5, 0.6) is 0 Å². The monoisotopic (exact) mass is 303 g/mol. The Kier molecular flexibility index (Phi) is 5.38. The molecule has 0 aliphatic carbocycles. The third-order valence-corrected chi connectivity index (χ3v) is 3.68. The van der Waals surface area contributed by atoms with Crippen molar-refractivity contribution >= 4 is 23.4 Å². The van der Waals surface area contributed by atoms with Crippen LogP contribution in [0.2, 0.25) is 0 Å². The predicted octanol–water partition coefficient (Wildman–Crippen LogP) is 2.97. The van der Waals surface area contributed by atoms with Crippen molar-refractivity contribution in [2.75, 3.05) is 30.1 Å². The molecule has 112 valence electrons. The Morgan fingerprint density at radius 1 is 1.24 bits per heavy atom. The number of pyridine rings is 1. The van der Waals surface area contributed by atoms with E-state index in [1.165, 1.54) is 0 Å². The Hall–Kier alpha value is -1.82. The van der Waals surface area contributed by atoms with Gasteiger partial charge in [-0.25, -0.2) is 9.97 Å². The van der Waals surface area contributed by atoms with Crippen LogP contribution in [0, 0.1) is 6.92 Å². The zero-order valence-electron chi connectivity index (χ0n) is 12.9. The molecular weight excluding hydrogens is 282 g/mol. The second-order valence-electron chi connectivity index (χ2n) is 4.63. The average Bonchev–Trinajstić information content (AvgIpc) is 2.52. The van der Waals surface area contributed by atoms with Crippen molar-refractivity contribution in [1.82, 2.24) is 15.0 Å². The van der Waals surface area contributed by atoms with Gasteiger partial charge in [0.25, 0.3) is 0 Å². The molecule has 0 aromatic carbocycles. The minimum atomic E-state index is 0.742. The SMILES string of the molecule is CCN(Cc1cccc(C)n1)c1cc(NC)nc(SC)n1. The van der Waals surface area contributed by atoms with Gasteiger partial charge in [0.1, 0.15) is 11.6 Å². The van der Waals surface area contributed by atoms with Gasteiger partial charge in [0, 0.05) is 25.4 Å². The molecule has 0 aliphatic rings. The molecule has 0 aliphatic heterocycles. The van der Waals surface area contributed by atoms with Gasteiger partial charge in [-0.3, -0.25) is 4.98 Å². The molecule has 0 radical (unpaired) electrons. The van der Waals surface area contributed by atoms with Gasteiger partial charge in [-0.15, -0.1) is 0 Å². The summed E-state index contributed by atoms with van der Waals surface area (Å²) in [7, 11) is 1.87. The van der Waals surface area contributed by atoms with Crippen molar-refractivity contribution in [3.05, 3.63) is 35.7 Å². The first-order chi connectivity index (χ1) is 10.2. The Bertz CT molecular complexity index is 580. The maximum atomic E-state index is 4.60. The van der Waals surface area contributed by atoms with Crippen LogP contribution in [0.1, 0.15) is 18.3 Å². The first-order valence-corrected chi connectivity index (χ1v) is 8.17. The molecule has 0 bridgehead atoms. The third kappa shape index (κ3) is 4.07. The fourth-order valence-corrected chi connectivity index (χ4v) is 2.41. The topological polar surface area (TPSA) is 53.9 Å². The molecule has 2 aromatic rings. The summed E-state index contributed by atoms with van der Waals surface area (Å²) in [5.41, 5.74) is 2.08. The number of hydrogen-bond donors (Lipinski definition) is 1. The van der Waals surface area contributed by atoms with E-state index in [0.717, 1.165) is 41.3 Å². The summed E-state index contributed by atoms with van der Waals surface area (Å²) in [6.45, 7) is 5.74. The Morgan fingerprint density at radius 3 is 2.67 bits per heavy atom. The highest BCUT2D eigenvalue weighted by Gasteiger charge is 2.11. The summed E-state index contributed by atoms with van der Waals surface area (Å²) >= 11 is 1.54. The molecule has 0 saturated heterocycles. The summed E-state index contributed by atoms with van der Waals surface area (Å²) in [6.07, 6.45) is 1.98. The number of aromatic nitrogens is 3. The minimum Gasteiger partial charge on any atom is -0.373 e. The molecule has 1 N–H and O–H groups in total. The van der Waals surface area contributed by atoms with Gasteiger partial charge >= 0.3 is 0 Å². The van der Waals surface area contributed by atoms with E-state index in [0.29, 0.717) is 0 Å². The molecule has 6 heteroatoms. The molecule has 0 unspecified atom stereocenters. The van der Waals surface area contributed by atoms with Crippen LogP contribution >= 0.6 is 11.8 Å². The molecule has 0 spiro atoms. The molecule has 0 saturated carbocycles. The lowest BCUT2D eigenvalue weighted by molar-refractivity contribution is 0.775. The maximum Gasteiger partial charge on any atom is 0.191 e. The van der Waals surface area contributed by atoms with Crippen LogP contribution in [0.15, 0.2) is 29.4 Å². The van der Waals surface area contributed by atoms with Crippen molar-refractivity contribution in [1.29, 1.82) is 0 Å². The molecule has 0 fully saturated rings. The van der Waals surface area contributed by atoms with Gasteiger partial charge in [0.15, 0.2) is 5.16 Å². The van der Waals surface area contributed by atoms with Crippen LogP contribution in [0.3, 0.4) is 0 Å². The largest absolute Gasteiger partial charge is 0.373 e. The number of thioether (sulfide) groups is 1. The standard InChI is InChI=1S/C15H21N5S/c1-5-20(10-12-8-6-7-11(2)17-12)14-9-13(16-3)18-15(19-14)21-4/h6-9H,5,10H2,1-4H3,(H,16,18,19). The molecule has 2 heterocycles. The number of aryl methyl sites for hydroxylation is 1. The average molecular weight is 303 g/mol. The van der Waals surface area contributed by atoms with Crippen LogP contribution < -0.4 is 10.2 Å². The van der Waals surface area contributed by atoms with E-state index in [9.17, 15) is 0 Å². The Balaban J connectivity index is 2.28. The lowest BCUT2D eigenvalue weighted by atomic mass is 10.3. The van der Waals surface area contributed by atoms with E-state index >= 15 is 0 Å². The quantitative estimate of drug-likeness (QED) is 0.654. The molecular formula is C15H21N5S. The van der Waals surface area contributed by atoms with Crippen LogP contribution in [-0.2, 0) is 6.54 Å². The summed E-state index contributed by atoms with van der Waals surface area (Å²) in [4.78, 5) is 15.8. The lowest BCUT2D eigenvalue weighted by Gasteiger charge is -2.22. The minimum absolute atomic E-state index is 0.742. The lowest BCUT2D eigenvalue weighted by Crippen LogP contribution is -2.24. The second kappa shape index (κ2) is 7.26. The summed E-state index contributed by atoms with van der Waals surface area (Å²) in [6, 6.07) is 8.07. The van der Waals surface area contributed by atoms with E-state index in [1.54, 1.807) is 11.8 Å². The van der Waals surface area contributed by atoms with Crippen molar-refractivity contribution in [2.45, 2.75) is 25.5 Å². The zero-order chi connectivity index (χ0) is 15.2. The molecule has 0 amide bonds. The van der Waals surface area contributed by atoms with E-state index in [-0.39, 0.29) is 0 Å². The molecule has 2 rings (SSSR count). The van der Waals surface area contributed by atoms with Crippen LogP contribution in [-0.4, -0.2) is 34.8 Å². The second-order valence-corrected chi connectivity index (χ2v) is 5.41. The van der Waals surface area contributed by atoms with E-state index < -0.39 is 0 Å². The van der Waals surface area contributed by atoms with E-state index in [1.807, 2.05) is 44.5 Å². The number of hydrogen-bond acceptors (Lipinski definition) is 6. The molecule has 0 atom stereocenters. The van der Waals surface area contributed by atoms with Gasteiger partial charge < -0.3 is 10.2 Å². The number of nitrogens with zero attached hydrogens (tertiary/aromatic N) is 4. The van der Waals surface area contributed by atoms with Gasteiger partial charge in [0.2, 0.25) is 0 Å². The van der Waals surface area contributed by atoms with E-state index in [2.05, 4.69) is 32.1 Å². The normalized spacial score (nSPS) is 10.5. The highest BCUT2D eigenvalue weighted by atomic mass is 32.2. The van der Waals surface area contributed by atoms with Gasteiger partial charge in [-0.1, -0.05) is 17.8 Å². The Morgan fingerprint density at radius 2 is 2.05 bits per heavy atom.